The van der Waals surface area contributed by atoms with E-state index in [0.29, 0.717) is 0 Å². The zero-order valence-corrected chi connectivity index (χ0v) is 19.1. The van der Waals surface area contributed by atoms with E-state index >= 15 is 0 Å². The molecule has 0 aromatic rings. The van der Waals surface area contributed by atoms with Gasteiger partial charge >= 0.3 is 0 Å². The normalized spacial score (nSPS) is 39.4. The minimum absolute atomic E-state index is 0.0404. The highest BCUT2D eigenvalue weighted by molar-refractivity contribution is 5.01. The molecule has 0 aromatic carbocycles. The van der Waals surface area contributed by atoms with Gasteiger partial charge in [0, 0.05) is 0 Å². The van der Waals surface area contributed by atoms with E-state index in [9.17, 15) is 5.26 Å². The molecule has 0 unspecified atom stereocenters. The Morgan fingerprint density at radius 3 is 1.50 bits per heavy atom. The fourth-order valence-corrected chi connectivity index (χ4v) is 7.13. The van der Waals surface area contributed by atoms with Crippen LogP contribution in [0.2, 0.25) is 0 Å². The van der Waals surface area contributed by atoms with Crippen molar-refractivity contribution in [3.05, 3.63) is 0 Å². The van der Waals surface area contributed by atoms with Gasteiger partial charge in [0.15, 0.2) is 0 Å². The minimum atomic E-state index is 0.0404. The summed E-state index contributed by atoms with van der Waals surface area (Å²) in [5.41, 5.74) is 0.0404. The van der Waals surface area contributed by atoms with Gasteiger partial charge in [-0.2, -0.15) is 5.26 Å². The first-order valence-electron chi connectivity index (χ1n) is 13.1. The molecule has 1 nitrogen and oxygen atoms in total. The van der Waals surface area contributed by atoms with Crippen molar-refractivity contribution in [3.8, 4) is 6.07 Å². The molecule has 3 rings (SSSR count). The molecule has 0 aliphatic heterocycles. The van der Waals surface area contributed by atoms with E-state index in [2.05, 4.69) is 19.9 Å². The maximum absolute atomic E-state index is 9.91. The molecule has 28 heavy (non-hydrogen) atoms. The lowest BCUT2D eigenvalue weighted by molar-refractivity contribution is 0.128. The quantitative estimate of drug-likeness (QED) is 0.410. The van der Waals surface area contributed by atoms with Gasteiger partial charge in [-0.15, -0.1) is 0 Å². The van der Waals surface area contributed by atoms with Gasteiger partial charge < -0.3 is 0 Å². The highest BCUT2D eigenvalue weighted by Crippen LogP contribution is 2.47. The molecule has 0 amide bonds. The van der Waals surface area contributed by atoms with Gasteiger partial charge in [0.1, 0.15) is 0 Å². The molecule has 0 saturated heterocycles. The van der Waals surface area contributed by atoms with Crippen LogP contribution in [-0.4, -0.2) is 0 Å². The summed E-state index contributed by atoms with van der Waals surface area (Å²) in [6, 6.07) is 2.79. The summed E-state index contributed by atoms with van der Waals surface area (Å²) in [6.45, 7) is 4.65. The third-order valence-electron chi connectivity index (χ3n) is 9.17. The fourth-order valence-electron chi connectivity index (χ4n) is 7.13. The first-order chi connectivity index (χ1) is 13.7. The molecule has 3 aliphatic rings. The lowest BCUT2D eigenvalue weighted by atomic mass is 9.65. The van der Waals surface area contributed by atoms with Crippen LogP contribution in [0.15, 0.2) is 0 Å². The molecular formula is C27H47N. The monoisotopic (exact) mass is 385 g/mol. The van der Waals surface area contributed by atoms with Gasteiger partial charge in [-0.3, -0.25) is 0 Å². The molecule has 0 aromatic heterocycles. The second-order valence-corrected chi connectivity index (χ2v) is 11.0. The van der Waals surface area contributed by atoms with Crippen LogP contribution in [0.3, 0.4) is 0 Å². The molecule has 3 saturated carbocycles. The van der Waals surface area contributed by atoms with E-state index in [1.807, 2.05) is 0 Å². The Morgan fingerprint density at radius 1 is 0.643 bits per heavy atom. The zero-order valence-electron chi connectivity index (χ0n) is 19.1. The summed E-state index contributed by atoms with van der Waals surface area (Å²) in [5.74, 6) is 4.97. The van der Waals surface area contributed by atoms with Crippen LogP contribution < -0.4 is 0 Å². The van der Waals surface area contributed by atoms with Crippen LogP contribution in [0.1, 0.15) is 129 Å². The van der Waals surface area contributed by atoms with Gasteiger partial charge in [0.2, 0.25) is 0 Å². The highest BCUT2D eigenvalue weighted by Gasteiger charge is 2.36. The van der Waals surface area contributed by atoms with E-state index in [4.69, 9.17) is 0 Å². The van der Waals surface area contributed by atoms with Crippen molar-refractivity contribution in [2.75, 3.05) is 0 Å². The molecule has 3 aliphatic carbocycles. The summed E-state index contributed by atoms with van der Waals surface area (Å²) >= 11 is 0. The summed E-state index contributed by atoms with van der Waals surface area (Å²) in [6.07, 6.45) is 25.1. The summed E-state index contributed by atoms with van der Waals surface area (Å²) in [7, 11) is 0. The molecule has 0 heterocycles. The topological polar surface area (TPSA) is 23.8 Å². The van der Waals surface area contributed by atoms with E-state index in [-0.39, 0.29) is 5.41 Å². The molecule has 0 N–H and O–H groups in total. The van der Waals surface area contributed by atoms with E-state index < -0.39 is 0 Å². The van der Waals surface area contributed by atoms with Crippen molar-refractivity contribution < 1.29 is 0 Å². The highest BCUT2D eigenvalue weighted by atomic mass is 14.4. The lowest BCUT2D eigenvalue weighted by Crippen LogP contribution is -2.28. The Morgan fingerprint density at radius 2 is 1.07 bits per heavy atom. The van der Waals surface area contributed by atoms with Crippen molar-refractivity contribution in [2.24, 2.45) is 35.0 Å². The molecule has 160 valence electrons. The first-order valence-corrected chi connectivity index (χ1v) is 13.1. The Hall–Kier alpha value is -0.510. The Labute approximate surface area is 176 Å². The predicted molar refractivity (Wildman–Crippen MR) is 120 cm³/mol. The van der Waals surface area contributed by atoms with Crippen LogP contribution in [0, 0.1) is 46.3 Å². The van der Waals surface area contributed by atoms with Crippen LogP contribution >= 0.6 is 0 Å². The fraction of sp³-hybridized carbons (Fsp3) is 0.963. The van der Waals surface area contributed by atoms with E-state index in [1.165, 1.54) is 116 Å². The Balaban J connectivity index is 1.36. The van der Waals surface area contributed by atoms with Gasteiger partial charge in [-0.1, -0.05) is 65.2 Å². The predicted octanol–water partition coefficient (Wildman–Crippen LogP) is 8.68. The Kier molecular flexibility index (Phi) is 8.74. The van der Waals surface area contributed by atoms with E-state index in [0.717, 1.165) is 29.6 Å². The number of hydrogen-bond donors (Lipinski definition) is 0. The van der Waals surface area contributed by atoms with Gasteiger partial charge in [-0.05, 0) is 93.8 Å². The molecule has 3 fully saturated rings. The number of rotatable bonds is 8. The standard InChI is InChI=1S/C27H47N/c1-3-5-22-7-11-25(12-8-22)26-13-9-24(10-14-26)17-20-27(21-28)18-15-23(6-4-2)16-19-27/h22-26H,3-20H2,1-2H3/t22-,23-,24?,25-,26?,27-. The third-order valence-corrected chi connectivity index (χ3v) is 9.17. The van der Waals surface area contributed by atoms with Gasteiger partial charge in [-0.25, -0.2) is 0 Å². The molecular weight excluding hydrogens is 338 g/mol. The number of hydrogen-bond acceptors (Lipinski definition) is 1. The number of nitrogens with zero attached hydrogens (tertiary/aromatic N) is 1. The Bertz CT molecular complexity index is 465. The largest absolute Gasteiger partial charge is 0.198 e. The summed E-state index contributed by atoms with van der Waals surface area (Å²) < 4.78 is 0. The molecule has 0 atom stereocenters. The van der Waals surface area contributed by atoms with Crippen LogP contribution in [0.5, 0.6) is 0 Å². The second-order valence-electron chi connectivity index (χ2n) is 11.0. The average Bonchev–Trinajstić information content (AvgIpc) is 2.75. The average molecular weight is 386 g/mol. The van der Waals surface area contributed by atoms with Crippen molar-refractivity contribution in [3.63, 3.8) is 0 Å². The van der Waals surface area contributed by atoms with E-state index in [1.54, 1.807) is 0 Å². The van der Waals surface area contributed by atoms with Crippen LogP contribution in [0.25, 0.3) is 0 Å². The van der Waals surface area contributed by atoms with Crippen molar-refractivity contribution >= 4 is 0 Å². The smallest absolute Gasteiger partial charge is 0.0689 e. The lowest BCUT2D eigenvalue weighted by Gasteiger charge is -2.39. The van der Waals surface area contributed by atoms with Crippen LogP contribution in [0.4, 0.5) is 0 Å². The summed E-state index contributed by atoms with van der Waals surface area (Å²) in [4.78, 5) is 0. The summed E-state index contributed by atoms with van der Waals surface area (Å²) in [5, 5.41) is 9.91. The SMILES string of the molecule is CCC[C@H]1CC[C@H](C2CCC(CC[C@]3(C#N)CC[C@H](CCC)CC3)CC2)CC1. The van der Waals surface area contributed by atoms with Crippen molar-refractivity contribution in [1.29, 1.82) is 5.26 Å². The molecule has 1 heteroatoms. The molecule has 0 radical (unpaired) electrons. The van der Waals surface area contributed by atoms with Crippen molar-refractivity contribution in [2.45, 2.75) is 129 Å². The minimum Gasteiger partial charge on any atom is -0.198 e. The number of nitriles is 1. The van der Waals surface area contributed by atoms with Gasteiger partial charge in [0.05, 0.1) is 11.5 Å². The maximum Gasteiger partial charge on any atom is 0.0689 e. The molecule has 0 spiro atoms. The van der Waals surface area contributed by atoms with Crippen molar-refractivity contribution in [1.82, 2.24) is 0 Å². The first kappa shape index (κ1) is 22.2. The third kappa shape index (κ3) is 6.00. The molecule has 0 bridgehead atoms. The zero-order chi connectivity index (χ0) is 19.8. The maximum atomic E-state index is 9.91. The second kappa shape index (κ2) is 11.0. The van der Waals surface area contributed by atoms with Gasteiger partial charge in [0.25, 0.3) is 0 Å². The van der Waals surface area contributed by atoms with Crippen LogP contribution in [-0.2, 0) is 0 Å².